The third kappa shape index (κ3) is 2.68. The highest BCUT2D eigenvalue weighted by atomic mass is 15.3. The van der Waals surface area contributed by atoms with Gasteiger partial charge in [0.25, 0.3) is 0 Å². The van der Waals surface area contributed by atoms with Crippen LogP contribution in [-0.4, -0.2) is 21.6 Å². The highest BCUT2D eigenvalue weighted by Crippen LogP contribution is 2.29. The molecule has 0 aliphatic carbocycles. The van der Waals surface area contributed by atoms with E-state index < -0.39 is 0 Å². The Morgan fingerprint density at radius 2 is 1.81 bits per heavy atom. The van der Waals surface area contributed by atoms with Crippen molar-refractivity contribution in [1.82, 2.24) is 14.6 Å². The molecule has 126 valence electrons. The Morgan fingerprint density at radius 3 is 2.58 bits per heavy atom. The molecular weight excluding hydrogens is 322 g/mol. The molecule has 4 aromatic rings. The van der Waals surface area contributed by atoms with Gasteiger partial charge < -0.3 is 4.90 Å². The summed E-state index contributed by atoms with van der Waals surface area (Å²) in [7, 11) is 2.01. The van der Waals surface area contributed by atoms with Gasteiger partial charge in [-0.1, -0.05) is 30.3 Å². The molecular formula is C21H17N5. The molecule has 2 heterocycles. The molecule has 2 aromatic carbocycles. The summed E-state index contributed by atoms with van der Waals surface area (Å²) in [4.78, 5) is 6.57. The largest absolute Gasteiger partial charge is 0.329 e. The maximum absolute atomic E-state index is 9.30. The zero-order valence-corrected chi connectivity index (χ0v) is 14.6. The molecule has 0 aliphatic rings. The van der Waals surface area contributed by atoms with Gasteiger partial charge in [0.2, 0.25) is 0 Å². The van der Waals surface area contributed by atoms with Crippen molar-refractivity contribution in [2.75, 3.05) is 11.9 Å². The molecule has 5 heteroatoms. The number of anilines is 2. The van der Waals surface area contributed by atoms with Crippen molar-refractivity contribution in [1.29, 1.82) is 5.26 Å². The molecule has 0 radical (unpaired) electrons. The predicted molar refractivity (Wildman–Crippen MR) is 102 cm³/mol. The maximum atomic E-state index is 9.30. The summed E-state index contributed by atoms with van der Waals surface area (Å²) in [5, 5.41) is 13.7. The van der Waals surface area contributed by atoms with Crippen molar-refractivity contribution in [2.45, 2.75) is 6.92 Å². The third-order valence-corrected chi connectivity index (χ3v) is 4.43. The summed E-state index contributed by atoms with van der Waals surface area (Å²) < 4.78 is 1.83. The van der Waals surface area contributed by atoms with Gasteiger partial charge in [0.15, 0.2) is 5.65 Å². The molecule has 0 amide bonds. The van der Waals surface area contributed by atoms with Gasteiger partial charge in [-0.3, -0.25) is 0 Å². The van der Waals surface area contributed by atoms with Crippen molar-refractivity contribution >= 4 is 17.2 Å². The second-order valence-electron chi connectivity index (χ2n) is 6.12. The van der Waals surface area contributed by atoms with E-state index in [1.807, 2.05) is 67.0 Å². The van der Waals surface area contributed by atoms with Crippen LogP contribution in [0, 0.1) is 18.3 Å². The van der Waals surface area contributed by atoms with Gasteiger partial charge in [0, 0.05) is 30.6 Å². The molecule has 0 bridgehead atoms. The second kappa shape index (κ2) is 6.34. The monoisotopic (exact) mass is 339 g/mol. The van der Waals surface area contributed by atoms with Crippen molar-refractivity contribution in [3.63, 3.8) is 0 Å². The Hall–Kier alpha value is -3.65. The summed E-state index contributed by atoms with van der Waals surface area (Å²) in [6, 6.07) is 22.0. The van der Waals surface area contributed by atoms with Crippen molar-refractivity contribution in [2.24, 2.45) is 0 Å². The van der Waals surface area contributed by atoms with Crippen LogP contribution < -0.4 is 4.90 Å². The standard InChI is InChI=1S/C21H17N5/c1-15-13-21(26-20(24-15)11-12-23-26)25(2)18-9-7-16(8-10-18)19-6-4-3-5-17(19)14-22/h3-13H,1-2H3. The van der Waals surface area contributed by atoms with Crippen LogP contribution in [0.4, 0.5) is 11.5 Å². The Balaban J connectivity index is 1.73. The van der Waals surface area contributed by atoms with Crippen LogP contribution in [0.5, 0.6) is 0 Å². The lowest BCUT2D eigenvalue weighted by Crippen LogP contribution is -2.14. The van der Waals surface area contributed by atoms with Gasteiger partial charge in [0.1, 0.15) is 5.82 Å². The van der Waals surface area contributed by atoms with Gasteiger partial charge in [-0.2, -0.15) is 14.9 Å². The number of aromatic nitrogens is 3. The molecule has 0 aliphatic heterocycles. The van der Waals surface area contributed by atoms with Gasteiger partial charge in [-0.25, -0.2) is 4.98 Å². The SMILES string of the molecule is Cc1cc(N(C)c2ccc(-c3ccccc3C#N)cc2)n2nccc2n1. The number of nitriles is 1. The van der Waals surface area contributed by atoms with Crippen LogP contribution in [0.15, 0.2) is 66.9 Å². The fourth-order valence-electron chi connectivity index (χ4n) is 3.09. The predicted octanol–water partition coefficient (Wildman–Crippen LogP) is 4.34. The van der Waals surface area contributed by atoms with Crippen LogP contribution in [0.3, 0.4) is 0 Å². The lowest BCUT2D eigenvalue weighted by atomic mass is 10.0. The van der Waals surface area contributed by atoms with E-state index in [-0.39, 0.29) is 0 Å². The number of rotatable bonds is 3. The molecule has 0 unspecified atom stereocenters. The van der Waals surface area contributed by atoms with Crippen molar-refractivity contribution in [3.05, 3.63) is 78.1 Å². The molecule has 5 nitrogen and oxygen atoms in total. The number of fused-ring (bicyclic) bond motifs is 1. The third-order valence-electron chi connectivity index (χ3n) is 4.43. The number of hydrogen-bond donors (Lipinski definition) is 0. The van der Waals surface area contributed by atoms with E-state index in [0.29, 0.717) is 5.56 Å². The highest BCUT2D eigenvalue weighted by Gasteiger charge is 2.11. The second-order valence-corrected chi connectivity index (χ2v) is 6.12. The summed E-state index contributed by atoms with van der Waals surface area (Å²) in [6.45, 7) is 1.98. The van der Waals surface area contributed by atoms with Crippen LogP contribution >= 0.6 is 0 Å². The first kappa shape index (κ1) is 15.9. The minimum Gasteiger partial charge on any atom is -0.329 e. The molecule has 26 heavy (non-hydrogen) atoms. The molecule has 0 saturated carbocycles. The molecule has 2 aromatic heterocycles. The lowest BCUT2D eigenvalue weighted by molar-refractivity contribution is 0.904. The van der Waals surface area contributed by atoms with E-state index >= 15 is 0 Å². The lowest BCUT2D eigenvalue weighted by Gasteiger charge is -2.21. The fraction of sp³-hybridized carbons (Fsp3) is 0.0952. The molecule has 0 saturated heterocycles. The quantitative estimate of drug-likeness (QED) is 0.557. The summed E-state index contributed by atoms with van der Waals surface area (Å²) in [5.74, 6) is 0.947. The molecule has 0 N–H and O–H groups in total. The van der Waals surface area contributed by atoms with Crippen LogP contribution in [0.2, 0.25) is 0 Å². The van der Waals surface area contributed by atoms with E-state index in [4.69, 9.17) is 0 Å². The zero-order chi connectivity index (χ0) is 18.1. The van der Waals surface area contributed by atoms with Gasteiger partial charge >= 0.3 is 0 Å². The first-order valence-electron chi connectivity index (χ1n) is 8.32. The molecule has 4 rings (SSSR count). The van der Waals surface area contributed by atoms with E-state index in [1.165, 1.54) is 0 Å². The minimum atomic E-state index is 0.677. The van der Waals surface area contributed by atoms with Crippen LogP contribution in [0.25, 0.3) is 16.8 Å². The van der Waals surface area contributed by atoms with Gasteiger partial charge in [-0.15, -0.1) is 0 Å². The zero-order valence-electron chi connectivity index (χ0n) is 14.6. The normalized spacial score (nSPS) is 10.7. The average molecular weight is 339 g/mol. The van der Waals surface area contributed by atoms with E-state index in [0.717, 1.165) is 34.0 Å². The highest BCUT2D eigenvalue weighted by molar-refractivity contribution is 5.73. The van der Waals surface area contributed by atoms with E-state index in [1.54, 1.807) is 6.20 Å². The molecule has 0 spiro atoms. The minimum absolute atomic E-state index is 0.677. The fourth-order valence-corrected chi connectivity index (χ4v) is 3.09. The van der Waals surface area contributed by atoms with Gasteiger partial charge in [0.05, 0.1) is 17.8 Å². The Bertz CT molecular complexity index is 1120. The van der Waals surface area contributed by atoms with Crippen LogP contribution in [-0.2, 0) is 0 Å². The molecule has 0 fully saturated rings. The maximum Gasteiger partial charge on any atom is 0.157 e. The summed E-state index contributed by atoms with van der Waals surface area (Å²) in [5.41, 5.74) is 5.45. The van der Waals surface area contributed by atoms with Crippen molar-refractivity contribution in [3.8, 4) is 17.2 Å². The number of aryl methyl sites for hydroxylation is 1. The Morgan fingerprint density at radius 1 is 1.04 bits per heavy atom. The first-order chi connectivity index (χ1) is 12.7. The van der Waals surface area contributed by atoms with Crippen molar-refractivity contribution < 1.29 is 0 Å². The smallest absolute Gasteiger partial charge is 0.157 e. The van der Waals surface area contributed by atoms with Gasteiger partial charge in [-0.05, 0) is 36.2 Å². The Kier molecular flexibility index (Phi) is 3.86. The Labute approximate surface area is 151 Å². The summed E-state index contributed by atoms with van der Waals surface area (Å²) >= 11 is 0. The first-order valence-corrected chi connectivity index (χ1v) is 8.32. The van der Waals surface area contributed by atoms with E-state index in [9.17, 15) is 5.26 Å². The number of nitrogens with zero attached hydrogens (tertiary/aromatic N) is 5. The number of hydrogen-bond acceptors (Lipinski definition) is 4. The van der Waals surface area contributed by atoms with Crippen LogP contribution in [0.1, 0.15) is 11.3 Å². The van der Waals surface area contributed by atoms with E-state index in [2.05, 4.69) is 33.2 Å². The topological polar surface area (TPSA) is 57.2 Å². The average Bonchev–Trinajstić information content (AvgIpc) is 3.15. The summed E-state index contributed by atoms with van der Waals surface area (Å²) in [6.07, 6.45) is 1.75. The number of benzene rings is 2. The molecule has 0 atom stereocenters.